The second-order valence-electron chi connectivity index (χ2n) is 3.84. The van der Waals surface area contributed by atoms with Crippen LogP contribution in [0, 0.1) is 0 Å². The number of rotatable bonds is 5. The molecule has 8 heteroatoms. The number of carbonyl (C=O) groups is 1. The fourth-order valence-electron chi connectivity index (χ4n) is 1.52. The summed E-state index contributed by atoms with van der Waals surface area (Å²) in [5, 5.41) is 4.83. The number of hydrogen-bond donors (Lipinski definition) is 2. The third-order valence-electron chi connectivity index (χ3n) is 2.43. The Balaban J connectivity index is 0.00000256. The van der Waals surface area contributed by atoms with E-state index in [0.29, 0.717) is 0 Å². The first-order chi connectivity index (χ1) is 7.42. The van der Waals surface area contributed by atoms with E-state index in [9.17, 15) is 22.4 Å². The van der Waals surface area contributed by atoms with E-state index in [2.05, 4.69) is 5.32 Å². The Bertz CT molecular complexity index is 247. The third kappa shape index (κ3) is 5.54. The standard InChI is InChI=1S/C9H14F4N2O.ClH/c10-8(11)9(12,13)5-15-7(16)4-6-2-1-3-14-6;/h6,8,14H,1-5H2,(H,15,16);1H. The summed E-state index contributed by atoms with van der Waals surface area (Å²) in [6.45, 7) is -0.513. The molecule has 3 nitrogen and oxygen atoms in total. The molecule has 1 amide bonds. The van der Waals surface area contributed by atoms with Gasteiger partial charge in [0.05, 0.1) is 6.54 Å². The van der Waals surface area contributed by atoms with Crippen LogP contribution in [0.5, 0.6) is 0 Å². The third-order valence-corrected chi connectivity index (χ3v) is 2.43. The quantitative estimate of drug-likeness (QED) is 0.750. The van der Waals surface area contributed by atoms with E-state index in [1.165, 1.54) is 0 Å². The van der Waals surface area contributed by atoms with Crippen molar-refractivity contribution >= 4 is 18.3 Å². The van der Waals surface area contributed by atoms with Crippen LogP contribution in [0.4, 0.5) is 17.6 Å². The van der Waals surface area contributed by atoms with E-state index in [1.54, 1.807) is 0 Å². The fraction of sp³-hybridized carbons (Fsp3) is 0.889. The minimum Gasteiger partial charge on any atom is -0.350 e. The molecule has 0 saturated carbocycles. The average Bonchev–Trinajstić information content (AvgIpc) is 2.67. The lowest BCUT2D eigenvalue weighted by Gasteiger charge is -2.16. The monoisotopic (exact) mass is 278 g/mol. The largest absolute Gasteiger partial charge is 0.350 e. The Morgan fingerprint density at radius 1 is 1.47 bits per heavy atom. The van der Waals surface area contributed by atoms with Gasteiger partial charge in [-0.3, -0.25) is 4.79 Å². The van der Waals surface area contributed by atoms with Gasteiger partial charge in [-0.2, -0.15) is 8.78 Å². The number of halogens is 5. The molecule has 0 aliphatic carbocycles. The van der Waals surface area contributed by atoms with Gasteiger partial charge in [0.1, 0.15) is 0 Å². The van der Waals surface area contributed by atoms with Gasteiger partial charge in [-0.1, -0.05) is 0 Å². The van der Waals surface area contributed by atoms with Crippen molar-refractivity contribution in [3.63, 3.8) is 0 Å². The van der Waals surface area contributed by atoms with Crippen molar-refractivity contribution in [2.24, 2.45) is 0 Å². The van der Waals surface area contributed by atoms with Crippen LogP contribution >= 0.6 is 12.4 Å². The van der Waals surface area contributed by atoms with E-state index >= 15 is 0 Å². The Kier molecular flexibility index (Phi) is 6.77. The molecule has 1 aliphatic heterocycles. The number of hydrogen-bond acceptors (Lipinski definition) is 2. The maximum absolute atomic E-state index is 12.4. The highest BCUT2D eigenvalue weighted by Crippen LogP contribution is 2.21. The number of nitrogens with one attached hydrogen (secondary N) is 2. The van der Waals surface area contributed by atoms with Crippen molar-refractivity contribution in [3.05, 3.63) is 0 Å². The van der Waals surface area contributed by atoms with Crippen molar-refractivity contribution in [3.8, 4) is 0 Å². The summed E-state index contributed by atoms with van der Waals surface area (Å²) in [5.41, 5.74) is 0. The van der Waals surface area contributed by atoms with Crippen molar-refractivity contribution in [1.82, 2.24) is 10.6 Å². The highest BCUT2D eigenvalue weighted by atomic mass is 35.5. The summed E-state index contributed by atoms with van der Waals surface area (Å²) in [7, 11) is 0. The van der Waals surface area contributed by atoms with Crippen LogP contribution < -0.4 is 10.6 Å². The molecule has 1 fully saturated rings. The van der Waals surface area contributed by atoms with Crippen molar-refractivity contribution in [2.75, 3.05) is 13.1 Å². The highest BCUT2D eigenvalue weighted by Gasteiger charge is 2.40. The van der Waals surface area contributed by atoms with Gasteiger partial charge in [-0.05, 0) is 19.4 Å². The van der Waals surface area contributed by atoms with Crippen LogP contribution in [0.25, 0.3) is 0 Å². The molecule has 0 radical (unpaired) electrons. The molecular weight excluding hydrogens is 264 g/mol. The summed E-state index contributed by atoms with van der Waals surface area (Å²) >= 11 is 0. The normalized spacial score (nSPS) is 20.2. The van der Waals surface area contributed by atoms with Gasteiger partial charge in [0.2, 0.25) is 5.91 Å². The van der Waals surface area contributed by atoms with Crippen LogP contribution in [0.2, 0.25) is 0 Å². The second kappa shape index (κ2) is 7.00. The molecule has 1 unspecified atom stereocenters. The predicted molar refractivity (Wildman–Crippen MR) is 56.9 cm³/mol. The molecule has 1 aliphatic rings. The Hall–Kier alpha value is -0.560. The van der Waals surface area contributed by atoms with Gasteiger partial charge >= 0.3 is 12.3 Å². The molecule has 0 aromatic heterocycles. The number of alkyl halides is 4. The molecule has 1 heterocycles. The minimum absolute atomic E-state index is 0. The van der Waals surface area contributed by atoms with E-state index in [4.69, 9.17) is 0 Å². The lowest BCUT2D eigenvalue weighted by Crippen LogP contribution is -2.42. The van der Waals surface area contributed by atoms with Crippen LogP contribution in [0.1, 0.15) is 19.3 Å². The van der Waals surface area contributed by atoms with Gasteiger partial charge in [0.25, 0.3) is 0 Å². The van der Waals surface area contributed by atoms with Gasteiger partial charge in [0.15, 0.2) is 0 Å². The number of carbonyl (C=O) groups excluding carboxylic acids is 1. The first-order valence-corrected chi connectivity index (χ1v) is 5.08. The second-order valence-corrected chi connectivity index (χ2v) is 3.84. The van der Waals surface area contributed by atoms with Crippen LogP contribution in [0.15, 0.2) is 0 Å². The molecule has 2 N–H and O–H groups in total. The molecule has 1 saturated heterocycles. The molecule has 0 bridgehead atoms. The van der Waals surface area contributed by atoms with Crippen molar-refractivity contribution in [1.29, 1.82) is 0 Å². The average molecular weight is 279 g/mol. The molecule has 0 aromatic carbocycles. The Morgan fingerprint density at radius 3 is 2.59 bits per heavy atom. The summed E-state index contributed by atoms with van der Waals surface area (Å²) < 4.78 is 48.4. The van der Waals surface area contributed by atoms with E-state index in [0.717, 1.165) is 19.4 Å². The summed E-state index contributed by atoms with van der Waals surface area (Å²) in [5.74, 6) is -4.78. The summed E-state index contributed by atoms with van der Waals surface area (Å²) in [6, 6.07) is -0.0276. The maximum Gasteiger partial charge on any atom is 0.324 e. The topological polar surface area (TPSA) is 41.1 Å². The van der Waals surface area contributed by atoms with E-state index in [-0.39, 0.29) is 24.9 Å². The van der Waals surface area contributed by atoms with E-state index < -0.39 is 24.8 Å². The van der Waals surface area contributed by atoms with Crippen molar-refractivity contribution in [2.45, 2.75) is 37.7 Å². The SMILES string of the molecule is Cl.O=C(CC1CCCN1)NCC(F)(F)C(F)F. The fourth-order valence-corrected chi connectivity index (χ4v) is 1.52. The summed E-state index contributed by atoms with van der Waals surface area (Å²) in [4.78, 5) is 11.1. The first-order valence-electron chi connectivity index (χ1n) is 5.08. The molecule has 0 spiro atoms. The smallest absolute Gasteiger partial charge is 0.324 e. The van der Waals surface area contributed by atoms with Crippen LogP contribution in [0.3, 0.4) is 0 Å². The maximum atomic E-state index is 12.4. The predicted octanol–water partition coefficient (Wildman–Crippen LogP) is 1.57. The molecule has 1 atom stereocenters. The molecule has 17 heavy (non-hydrogen) atoms. The number of amides is 1. The Morgan fingerprint density at radius 2 is 2.12 bits per heavy atom. The summed E-state index contributed by atoms with van der Waals surface area (Å²) in [6.07, 6.45) is -1.96. The van der Waals surface area contributed by atoms with Crippen molar-refractivity contribution < 1.29 is 22.4 Å². The lowest BCUT2D eigenvalue weighted by molar-refractivity contribution is -0.136. The van der Waals surface area contributed by atoms with Gasteiger partial charge < -0.3 is 10.6 Å². The first kappa shape index (κ1) is 16.4. The van der Waals surface area contributed by atoms with Gasteiger partial charge in [-0.15, -0.1) is 12.4 Å². The van der Waals surface area contributed by atoms with Crippen LogP contribution in [-0.2, 0) is 4.79 Å². The van der Waals surface area contributed by atoms with Crippen LogP contribution in [-0.4, -0.2) is 37.4 Å². The van der Waals surface area contributed by atoms with Gasteiger partial charge in [0, 0.05) is 12.5 Å². The van der Waals surface area contributed by atoms with Gasteiger partial charge in [-0.25, -0.2) is 8.78 Å². The molecular formula is C9H15ClF4N2O. The zero-order valence-electron chi connectivity index (χ0n) is 9.02. The zero-order valence-corrected chi connectivity index (χ0v) is 9.84. The molecule has 1 rings (SSSR count). The highest BCUT2D eigenvalue weighted by molar-refractivity contribution is 5.85. The lowest BCUT2D eigenvalue weighted by atomic mass is 10.1. The van der Waals surface area contributed by atoms with E-state index in [1.807, 2.05) is 5.32 Å². The molecule has 0 aromatic rings. The molecule has 102 valence electrons. The Labute approximate surface area is 103 Å². The minimum atomic E-state index is -4.15. The zero-order chi connectivity index (χ0) is 12.2.